The van der Waals surface area contributed by atoms with E-state index in [1.54, 1.807) is 12.4 Å². The van der Waals surface area contributed by atoms with Crippen molar-refractivity contribution in [3.8, 4) is 11.1 Å². The van der Waals surface area contributed by atoms with Crippen molar-refractivity contribution < 1.29 is 9.59 Å². The van der Waals surface area contributed by atoms with Gasteiger partial charge in [0.05, 0.1) is 23.8 Å². The van der Waals surface area contributed by atoms with Crippen LogP contribution in [0.5, 0.6) is 0 Å². The highest BCUT2D eigenvalue weighted by Crippen LogP contribution is 2.40. The number of carbonyl (C=O) groups is 2. The summed E-state index contributed by atoms with van der Waals surface area (Å²) in [6.07, 6.45) is 11.1. The quantitative estimate of drug-likeness (QED) is 0.304. The Bertz CT molecular complexity index is 1620. The van der Waals surface area contributed by atoms with Crippen molar-refractivity contribution in [2.24, 2.45) is 42.1 Å². The molecule has 0 radical (unpaired) electrons. The molecule has 0 amide bonds. The second-order valence-electron chi connectivity index (χ2n) is 16.7. The molecule has 0 heterocycles. The SMILES string of the molecule is CC(C)(C)C1=CC(=CN=Nc2ccc(-c3ccc(N=NC=C4C=C(C(C)(C)C)C(=O)C(C(C)(C)C)=C4)cc3)cc2)C=C(C(C)(C)C)C1=O. The van der Waals surface area contributed by atoms with Crippen LogP contribution >= 0.6 is 0 Å². The second kappa shape index (κ2) is 13.5. The standard InChI is InChI=1S/C42H50N4O2/c1-39(2,3)33-21-27(22-34(37(33)47)40(4,5)6)25-43-45-31-17-13-29(14-18-31)30-15-19-32(20-16-30)46-44-26-28-23-35(41(7,8)9)38(48)36(24-28)42(10,11)12/h13-26H,1-12H3. The highest BCUT2D eigenvalue weighted by atomic mass is 16.1. The number of Topliss-reactive ketones (excluding diaryl/α,β-unsaturated/α-hetero) is 2. The molecule has 0 atom stereocenters. The number of hydrogen-bond donors (Lipinski definition) is 0. The Hall–Kier alpha value is -4.58. The zero-order chi connectivity index (χ0) is 35.7. The van der Waals surface area contributed by atoms with Gasteiger partial charge in [-0.05, 0) is 92.5 Å². The van der Waals surface area contributed by atoms with Gasteiger partial charge in [-0.3, -0.25) is 9.59 Å². The number of hydrogen-bond acceptors (Lipinski definition) is 6. The number of azo groups is 2. The Morgan fingerprint density at radius 3 is 0.896 bits per heavy atom. The van der Waals surface area contributed by atoms with Gasteiger partial charge in [-0.25, -0.2) is 0 Å². The first-order chi connectivity index (χ1) is 22.1. The van der Waals surface area contributed by atoms with Crippen molar-refractivity contribution in [3.05, 3.63) is 119 Å². The lowest BCUT2D eigenvalue weighted by molar-refractivity contribution is -0.114. The van der Waals surface area contributed by atoms with E-state index in [4.69, 9.17) is 0 Å². The van der Waals surface area contributed by atoms with E-state index in [0.717, 1.165) is 55.9 Å². The molecule has 6 nitrogen and oxygen atoms in total. The van der Waals surface area contributed by atoms with Crippen LogP contribution in [0.3, 0.4) is 0 Å². The fourth-order valence-electron chi connectivity index (χ4n) is 5.45. The molecule has 0 N–H and O–H groups in total. The van der Waals surface area contributed by atoms with Gasteiger partial charge in [0.25, 0.3) is 0 Å². The Kier molecular flexibility index (Phi) is 10.2. The monoisotopic (exact) mass is 642 g/mol. The van der Waals surface area contributed by atoms with E-state index in [-0.39, 0.29) is 33.2 Å². The van der Waals surface area contributed by atoms with Gasteiger partial charge in [-0.1, -0.05) is 107 Å². The van der Waals surface area contributed by atoms with E-state index in [2.05, 4.69) is 104 Å². The summed E-state index contributed by atoms with van der Waals surface area (Å²) in [6, 6.07) is 15.8. The van der Waals surface area contributed by atoms with Crippen LogP contribution in [0.15, 0.2) is 139 Å². The summed E-state index contributed by atoms with van der Waals surface area (Å²) >= 11 is 0. The summed E-state index contributed by atoms with van der Waals surface area (Å²) in [5.41, 5.74) is 7.34. The van der Waals surface area contributed by atoms with E-state index in [1.807, 2.05) is 72.8 Å². The fourth-order valence-corrected chi connectivity index (χ4v) is 5.45. The van der Waals surface area contributed by atoms with Crippen LogP contribution in [0.4, 0.5) is 11.4 Å². The highest BCUT2D eigenvalue weighted by Gasteiger charge is 2.35. The molecule has 0 spiro atoms. The summed E-state index contributed by atoms with van der Waals surface area (Å²) < 4.78 is 0. The summed E-state index contributed by atoms with van der Waals surface area (Å²) in [6.45, 7) is 24.7. The zero-order valence-electron chi connectivity index (χ0n) is 30.7. The molecule has 48 heavy (non-hydrogen) atoms. The lowest BCUT2D eigenvalue weighted by atomic mass is 9.72. The van der Waals surface area contributed by atoms with Gasteiger partial charge in [0.1, 0.15) is 0 Å². The van der Waals surface area contributed by atoms with E-state index in [1.165, 1.54) is 0 Å². The minimum atomic E-state index is -0.272. The third kappa shape index (κ3) is 8.85. The number of ketones is 2. The van der Waals surface area contributed by atoms with Crippen molar-refractivity contribution in [2.45, 2.75) is 83.1 Å². The maximum Gasteiger partial charge on any atom is 0.186 e. The molecule has 4 rings (SSSR count). The van der Waals surface area contributed by atoms with E-state index < -0.39 is 0 Å². The predicted octanol–water partition coefficient (Wildman–Crippen LogP) is 12.3. The molecule has 0 fully saturated rings. The fraction of sp³-hybridized carbons (Fsp3) is 0.381. The largest absolute Gasteiger partial charge is 0.289 e. The van der Waals surface area contributed by atoms with Gasteiger partial charge < -0.3 is 0 Å². The molecule has 2 aliphatic rings. The van der Waals surface area contributed by atoms with Crippen molar-refractivity contribution in [1.29, 1.82) is 0 Å². The van der Waals surface area contributed by atoms with Gasteiger partial charge in [0, 0.05) is 22.3 Å². The molecular formula is C42H50N4O2. The number of allylic oxidation sites excluding steroid dienone is 10. The molecule has 0 saturated carbocycles. The third-order valence-electron chi connectivity index (χ3n) is 8.28. The van der Waals surface area contributed by atoms with Crippen molar-refractivity contribution in [2.75, 3.05) is 0 Å². The molecular weight excluding hydrogens is 592 g/mol. The Balaban J connectivity index is 1.48. The Labute approximate surface area is 287 Å². The summed E-state index contributed by atoms with van der Waals surface area (Å²) in [5.74, 6) is 0.205. The van der Waals surface area contributed by atoms with Crippen LogP contribution < -0.4 is 0 Å². The normalized spacial score (nSPS) is 16.7. The number of carbonyl (C=O) groups excluding carboxylic acids is 2. The Morgan fingerprint density at radius 2 is 0.667 bits per heavy atom. The lowest BCUT2D eigenvalue weighted by Crippen LogP contribution is -2.27. The predicted molar refractivity (Wildman–Crippen MR) is 197 cm³/mol. The minimum absolute atomic E-state index is 0.102. The molecule has 0 bridgehead atoms. The average molecular weight is 643 g/mol. The molecule has 0 unspecified atom stereocenters. The van der Waals surface area contributed by atoms with Crippen LogP contribution in [-0.4, -0.2) is 11.6 Å². The van der Waals surface area contributed by atoms with Crippen molar-refractivity contribution in [3.63, 3.8) is 0 Å². The maximum atomic E-state index is 13.2. The summed E-state index contributed by atoms with van der Waals surface area (Å²) in [7, 11) is 0. The molecule has 0 aromatic heterocycles. The highest BCUT2D eigenvalue weighted by molar-refractivity contribution is 6.12. The first-order valence-electron chi connectivity index (χ1n) is 16.6. The summed E-state index contributed by atoms with van der Waals surface area (Å²) in [4.78, 5) is 26.3. The van der Waals surface area contributed by atoms with Crippen molar-refractivity contribution in [1.82, 2.24) is 0 Å². The second-order valence-corrected chi connectivity index (χ2v) is 16.7. The van der Waals surface area contributed by atoms with Crippen LogP contribution in [0.25, 0.3) is 11.1 Å². The average Bonchev–Trinajstić information content (AvgIpc) is 2.97. The van der Waals surface area contributed by atoms with Crippen LogP contribution in [0.2, 0.25) is 0 Å². The van der Waals surface area contributed by atoms with Crippen molar-refractivity contribution >= 4 is 22.9 Å². The van der Waals surface area contributed by atoms with E-state index in [9.17, 15) is 9.59 Å². The zero-order valence-corrected chi connectivity index (χ0v) is 30.7. The van der Waals surface area contributed by atoms with Gasteiger partial charge in [-0.2, -0.15) is 20.5 Å². The number of benzene rings is 2. The molecule has 2 aliphatic carbocycles. The molecule has 0 aliphatic heterocycles. The molecule has 6 heteroatoms. The van der Waals surface area contributed by atoms with Crippen LogP contribution in [-0.2, 0) is 9.59 Å². The summed E-state index contributed by atoms with van der Waals surface area (Å²) in [5, 5.41) is 17.5. The maximum absolute atomic E-state index is 13.2. The first-order valence-corrected chi connectivity index (χ1v) is 16.6. The lowest BCUT2D eigenvalue weighted by Gasteiger charge is -2.31. The first kappa shape index (κ1) is 36.3. The van der Waals surface area contributed by atoms with Crippen LogP contribution in [0, 0.1) is 21.7 Å². The topological polar surface area (TPSA) is 83.6 Å². The van der Waals surface area contributed by atoms with Crippen LogP contribution in [0.1, 0.15) is 83.1 Å². The molecule has 2 aromatic rings. The van der Waals surface area contributed by atoms with E-state index >= 15 is 0 Å². The number of rotatable bonds is 5. The molecule has 2 aromatic carbocycles. The third-order valence-corrected chi connectivity index (χ3v) is 8.28. The van der Waals surface area contributed by atoms with Gasteiger partial charge in [-0.15, -0.1) is 0 Å². The van der Waals surface area contributed by atoms with Gasteiger partial charge in [0.2, 0.25) is 0 Å². The molecule has 250 valence electrons. The minimum Gasteiger partial charge on any atom is -0.289 e. The smallest absolute Gasteiger partial charge is 0.186 e. The van der Waals surface area contributed by atoms with Gasteiger partial charge in [0.15, 0.2) is 11.6 Å². The Morgan fingerprint density at radius 1 is 0.417 bits per heavy atom. The van der Waals surface area contributed by atoms with E-state index in [0.29, 0.717) is 0 Å². The van der Waals surface area contributed by atoms with Gasteiger partial charge >= 0.3 is 0 Å². The molecule has 0 saturated heterocycles. The number of nitrogens with zero attached hydrogens (tertiary/aromatic N) is 4.